The Labute approximate surface area is 139 Å². The van der Waals surface area contributed by atoms with Crippen LogP contribution in [0.25, 0.3) is 11.5 Å². The van der Waals surface area contributed by atoms with E-state index in [1.807, 2.05) is 27.7 Å². The molecule has 130 valence electrons. The van der Waals surface area contributed by atoms with Crippen LogP contribution in [0.1, 0.15) is 50.4 Å². The Kier molecular flexibility index (Phi) is 5.06. The van der Waals surface area contributed by atoms with E-state index in [9.17, 15) is 13.6 Å². The second-order valence-corrected chi connectivity index (χ2v) is 5.98. The van der Waals surface area contributed by atoms with E-state index >= 15 is 0 Å². The normalized spacial score (nSPS) is 15.4. The van der Waals surface area contributed by atoms with Crippen LogP contribution < -0.4 is 4.74 Å². The Morgan fingerprint density at radius 3 is 2.33 bits per heavy atom. The van der Waals surface area contributed by atoms with E-state index in [1.165, 1.54) is 7.11 Å². The maximum atomic E-state index is 13.8. The van der Waals surface area contributed by atoms with Gasteiger partial charge in [0.05, 0.1) is 12.8 Å². The van der Waals surface area contributed by atoms with E-state index in [0.717, 1.165) is 12.1 Å². The van der Waals surface area contributed by atoms with Gasteiger partial charge in [0.25, 0.3) is 0 Å². The van der Waals surface area contributed by atoms with Crippen LogP contribution in [-0.4, -0.2) is 17.9 Å². The molecule has 1 aromatic heterocycles. The Morgan fingerprint density at radius 2 is 1.79 bits per heavy atom. The maximum Gasteiger partial charge on any atom is 0.227 e. The van der Waals surface area contributed by atoms with Crippen LogP contribution in [0.3, 0.4) is 0 Å². The molecule has 1 heterocycles. The first-order valence-corrected chi connectivity index (χ1v) is 7.91. The molecular weight excluding hydrogens is 316 g/mol. The molecule has 3 rings (SSSR count). The quantitative estimate of drug-likeness (QED) is 0.789. The van der Waals surface area contributed by atoms with Crippen molar-refractivity contribution in [3.63, 3.8) is 0 Å². The largest absolute Gasteiger partial charge is 0.491 e. The molecule has 1 aliphatic carbocycles. The molecule has 1 aromatic carbocycles. The number of benzene rings is 1. The summed E-state index contributed by atoms with van der Waals surface area (Å²) >= 11 is 0. The molecule has 0 fully saturated rings. The van der Waals surface area contributed by atoms with Gasteiger partial charge in [-0.05, 0) is 25.0 Å². The summed E-state index contributed by atoms with van der Waals surface area (Å²) < 4.78 is 37.7. The molecule has 0 radical (unpaired) electrons. The van der Waals surface area contributed by atoms with Gasteiger partial charge in [-0.1, -0.05) is 27.7 Å². The zero-order valence-electron chi connectivity index (χ0n) is 14.5. The van der Waals surface area contributed by atoms with Gasteiger partial charge >= 0.3 is 0 Å². The number of rotatable bonds is 2. The number of aromatic nitrogens is 1. The van der Waals surface area contributed by atoms with E-state index < -0.39 is 22.8 Å². The lowest BCUT2D eigenvalue weighted by Gasteiger charge is -2.25. The number of nitrogens with zero attached hydrogens (tertiary/aromatic N) is 1. The second kappa shape index (κ2) is 6.71. The Bertz CT molecular complexity index is 743. The van der Waals surface area contributed by atoms with E-state index in [0.29, 0.717) is 18.5 Å². The fourth-order valence-electron chi connectivity index (χ4n) is 2.55. The van der Waals surface area contributed by atoms with Gasteiger partial charge in [-0.25, -0.2) is 13.8 Å². The van der Waals surface area contributed by atoms with Crippen molar-refractivity contribution < 1.29 is 22.7 Å². The standard InChI is InChI=1S/C16H15F2NO3.C2H6/c1-16(2)5-4-11-13(14(16)20)22-15(19-11)8-6-9(17)12(21-3)10(18)7-8;1-2/h6-7H,4-5H2,1-3H3;1-2H3. The van der Waals surface area contributed by atoms with Crippen LogP contribution in [0.5, 0.6) is 5.75 Å². The summed E-state index contributed by atoms with van der Waals surface area (Å²) in [6.45, 7) is 7.68. The highest BCUT2D eigenvalue weighted by Gasteiger charge is 2.38. The van der Waals surface area contributed by atoms with Gasteiger partial charge in [0.15, 0.2) is 23.1 Å². The number of methoxy groups -OCH3 is 1. The molecule has 0 N–H and O–H groups in total. The number of ether oxygens (including phenoxy) is 1. The first-order chi connectivity index (χ1) is 11.3. The smallest absolute Gasteiger partial charge is 0.227 e. The van der Waals surface area contributed by atoms with Crippen molar-refractivity contribution in [1.82, 2.24) is 4.98 Å². The number of aryl methyl sites for hydroxylation is 1. The summed E-state index contributed by atoms with van der Waals surface area (Å²) in [5.41, 5.74) is 0.159. The van der Waals surface area contributed by atoms with Crippen molar-refractivity contribution in [3.05, 3.63) is 35.2 Å². The summed E-state index contributed by atoms with van der Waals surface area (Å²) in [7, 11) is 1.19. The fourth-order valence-corrected chi connectivity index (χ4v) is 2.55. The molecule has 0 bridgehead atoms. The lowest BCUT2D eigenvalue weighted by molar-refractivity contribution is 0.0778. The first kappa shape index (κ1) is 18.1. The fraction of sp³-hybridized carbons (Fsp3) is 0.444. The van der Waals surface area contributed by atoms with Crippen molar-refractivity contribution >= 4 is 5.78 Å². The SMILES string of the molecule is CC.COc1c(F)cc(-c2nc3c(o2)C(=O)C(C)(C)CC3)cc1F. The molecule has 0 amide bonds. The molecule has 0 saturated heterocycles. The van der Waals surface area contributed by atoms with Crippen molar-refractivity contribution in [1.29, 1.82) is 0 Å². The minimum absolute atomic E-state index is 0.0384. The monoisotopic (exact) mass is 337 g/mol. The van der Waals surface area contributed by atoms with Crippen LogP contribution in [0.4, 0.5) is 8.78 Å². The van der Waals surface area contributed by atoms with Crippen LogP contribution in [0, 0.1) is 17.0 Å². The van der Waals surface area contributed by atoms with Gasteiger partial charge in [-0.15, -0.1) is 0 Å². The average Bonchev–Trinajstić information content (AvgIpc) is 2.98. The molecular formula is C18H21F2NO3. The van der Waals surface area contributed by atoms with Crippen molar-refractivity contribution in [2.45, 2.75) is 40.5 Å². The molecule has 24 heavy (non-hydrogen) atoms. The van der Waals surface area contributed by atoms with Gasteiger partial charge in [0.1, 0.15) is 0 Å². The predicted octanol–water partition coefficient (Wildman–Crippen LogP) is 4.81. The molecule has 0 saturated carbocycles. The minimum Gasteiger partial charge on any atom is -0.491 e. The number of Topliss-reactive ketones (excluding diaryl/α,β-unsaturated/α-hetero) is 1. The Hall–Kier alpha value is -2.24. The first-order valence-electron chi connectivity index (χ1n) is 7.91. The molecule has 4 nitrogen and oxygen atoms in total. The predicted molar refractivity (Wildman–Crippen MR) is 86.2 cm³/mol. The van der Waals surface area contributed by atoms with E-state index in [2.05, 4.69) is 9.72 Å². The number of hydrogen-bond acceptors (Lipinski definition) is 4. The molecule has 2 aromatic rings. The summed E-state index contributed by atoms with van der Waals surface area (Å²) in [5.74, 6) is -2.07. The summed E-state index contributed by atoms with van der Waals surface area (Å²) in [4.78, 5) is 16.5. The van der Waals surface area contributed by atoms with Gasteiger partial charge in [-0.3, -0.25) is 4.79 Å². The molecule has 6 heteroatoms. The van der Waals surface area contributed by atoms with E-state index in [4.69, 9.17) is 4.42 Å². The van der Waals surface area contributed by atoms with Gasteiger partial charge in [0, 0.05) is 11.0 Å². The summed E-state index contributed by atoms with van der Waals surface area (Å²) in [6, 6.07) is 2.16. The van der Waals surface area contributed by atoms with Crippen molar-refractivity contribution in [2.75, 3.05) is 7.11 Å². The average molecular weight is 337 g/mol. The van der Waals surface area contributed by atoms with Crippen LogP contribution in [0.15, 0.2) is 16.5 Å². The lowest BCUT2D eigenvalue weighted by Crippen LogP contribution is -2.29. The Morgan fingerprint density at radius 1 is 1.21 bits per heavy atom. The van der Waals surface area contributed by atoms with Crippen molar-refractivity contribution in [3.8, 4) is 17.2 Å². The molecule has 0 aliphatic heterocycles. The third-order valence-electron chi connectivity index (χ3n) is 3.95. The number of fused-ring (bicyclic) bond motifs is 1. The number of carbonyl (C=O) groups excluding carboxylic acids is 1. The van der Waals surface area contributed by atoms with Gasteiger partial charge < -0.3 is 9.15 Å². The van der Waals surface area contributed by atoms with E-state index in [-0.39, 0.29) is 23.0 Å². The topological polar surface area (TPSA) is 52.3 Å². The number of hydrogen-bond donors (Lipinski definition) is 0. The summed E-state index contributed by atoms with van der Waals surface area (Å²) in [5, 5.41) is 0. The highest BCUT2D eigenvalue weighted by Crippen LogP contribution is 2.37. The molecule has 1 aliphatic rings. The lowest BCUT2D eigenvalue weighted by atomic mass is 9.77. The highest BCUT2D eigenvalue weighted by molar-refractivity contribution is 5.99. The number of carbonyl (C=O) groups is 1. The second-order valence-electron chi connectivity index (χ2n) is 5.98. The number of halogens is 2. The van der Waals surface area contributed by atoms with Crippen LogP contribution in [0.2, 0.25) is 0 Å². The third kappa shape index (κ3) is 3.05. The zero-order chi connectivity index (χ0) is 18.1. The minimum atomic E-state index is -0.847. The molecule has 0 atom stereocenters. The number of oxazole rings is 1. The molecule has 0 unspecified atom stereocenters. The van der Waals surface area contributed by atoms with Crippen LogP contribution >= 0.6 is 0 Å². The maximum absolute atomic E-state index is 13.8. The highest BCUT2D eigenvalue weighted by atomic mass is 19.1. The van der Waals surface area contributed by atoms with Crippen LogP contribution in [-0.2, 0) is 6.42 Å². The Balaban J connectivity index is 0.00000100. The summed E-state index contributed by atoms with van der Waals surface area (Å²) in [6.07, 6.45) is 1.26. The third-order valence-corrected chi connectivity index (χ3v) is 3.95. The zero-order valence-corrected chi connectivity index (χ0v) is 14.5. The number of ketones is 1. The molecule has 0 spiro atoms. The van der Waals surface area contributed by atoms with Gasteiger partial charge in [0.2, 0.25) is 11.7 Å². The van der Waals surface area contributed by atoms with Gasteiger partial charge in [-0.2, -0.15) is 0 Å². The van der Waals surface area contributed by atoms with Crippen molar-refractivity contribution in [2.24, 2.45) is 5.41 Å². The van der Waals surface area contributed by atoms with E-state index in [1.54, 1.807) is 0 Å².